The first-order valence-corrected chi connectivity index (χ1v) is 11.3. The fraction of sp³-hybridized carbons (Fsp3) is 0.120. The predicted molar refractivity (Wildman–Crippen MR) is 131 cm³/mol. The molecule has 0 bridgehead atoms. The van der Waals surface area contributed by atoms with Crippen LogP contribution in [0.4, 0.5) is 5.69 Å². The lowest BCUT2D eigenvalue weighted by atomic mass is 10.1. The van der Waals surface area contributed by atoms with Crippen LogP contribution in [0.15, 0.2) is 80.9 Å². The Hall–Kier alpha value is -4.24. The topological polar surface area (TPSA) is 103 Å². The molecule has 0 unspecified atom stereocenters. The number of fused-ring (bicyclic) bond motifs is 3. The van der Waals surface area contributed by atoms with E-state index in [1.54, 1.807) is 36.4 Å². The molecule has 0 radical (unpaired) electrons. The fourth-order valence-corrected chi connectivity index (χ4v) is 5.03. The first kappa shape index (κ1) is 21.6. The molecule has 170 valence electrons. The van der Waals surface area contributed by atoms with Crippen molar-refractivity contribution in [2.45, 2.75) is 20.0 Å². The van der Waals surface area contributed by atoms with Gasteiger partial charge in [0.05, 0.1) is 18.3 Å². The van der Waals surface area contributed by atoms with Gasteiger partial charge in [-0.05, 0) is 49.4 Å². The molecule has 0 aliphatic rings. The SMILES string of the molecule is CC(=O)c1ccc(NC(=O)Cn2c(=O)n(Cc3ccco3)c(=O)c3sc4ccccc4c32)cc1. The molecule has 2 aromatic carbocycles. The number of thiophene rings is 1. The van der Waals surface area contributed by atoms with Crippen LogP contribution in [0.25, 0.3) is 20.3 Å². The summed E-state index contributed by atoms with van der Waals surface area (Å²) in [4.78, 5) is 51.1. The van der Waals surface area contributed by atoms with Crippen LogP contribution in [0.1, 0.15) is 23.0 Å². The predicted octanol–water partition coefficient (Wildman–Crippen LogP) is 3.86. The third-order valence-electron chi connectivity index (χ3n) is 5.51. The van der Waals surface area contributed by atoms with Crippen LogP contribution in [0.2, 0.25) is 0 Å². The van der Waals surface area contributed by atoms with Crippen LogP contribution in [0, 0.1) is 0 Å². The van der Waals surface area contributed by atoms with Crippen LogP contribution in [0.5, 0.6) is 0 Å². The Morgan fingerprint density at radius 1 is 0.971 bits per heavy atom. The smallest absolute Gasteiger partial charge is 0.332 e. The first-order valence-electron chi connectivity index (χ1n) is 10.5. The van der Waals surface area contributed by atoms with E-state index in [0.717, 1.165) is 14.7 Å². The van der Waals surface area contributed by atoms with Crippen LogP contribution in [0.3, 0.4) is 0 Å². The largest absolute Gasteiger partial charge is 0.467 e. The van der Waals surface area contributed by atoms with E-state index in [0.29, 0.717) is 27.2 Å². The number of benzene rings is 2. The van der Waals surface area contributed by atoms with Crippen molar-refractivity contribution in [3.8, 4) is 0 Å². The average Bonchev–Trinajstić information content (AvgIpc) is 3.48. The number of aromatic nitrogens is 2. The summed E-state index contributed by atoms with van der Waals surface area (Å²) in [6.07, 6.45) is 1.47. The van der Waals surface area contributed by atoms with Gasteiger partial charge in [-0.2, -0.15) is 0 Å². The molecule has 8 nitrogen and oxygen atoms in total. The molecule has 34 heavy (non-hydrogen) atoms. The zero-order valence-electron chi connectivity index (χ0n) is 18.1. The third-order valence-corrected chi connectivity index (χ3v) is 6.66. The van der Waals surface area contributed by atoms with E-state index in [9.17, 15) is 19.2 Å². The number of ketones is 1. The van der Waals surface area contributed by atoms with E-state index in [-0.39, 0.29) is 18.9 Å². The van der Waals surface area contributed by atoms with E-state index < -0.39 is 17.2 Å². The molecule has 0 aliphatic carbocycles. The maximum atomic E-state index is 13.5. The number of amides is 1. The lowest BCUT2D eigenvalue weighted by molar-refractivity contribution is -0.116. The van der Waals surface area contributed by atoms with Crippen molar-refractivity contribution in [1.29, 1.82) is 0 Å². The second-order valence-electron chi connectivity index (χ2n) is 7.80. The number of hydrogen-bond acceptors (Lipinski definition) is 6. The summed E-state index contributed by atoms with van der Waals surface area (Å²) in [7, 11) is 0. The molecule has 3 heterocycles. The van der Waals surface area contributed by atoms with Crippen LogP contribution in [-0.4, -0.2) is 20.8 Å². The minimum Gasteiger partial charge on any atom is -0.467 e. The van der Waals surface area contributed by atoms with Gasteiger partial charge >= 0.3 is 5.69 Å². The van der Waals surface area contributed by atoms with Gasteiger partial charge in [0.1, 0.15) is 17.0 Å². The number of Topliss-reactive ketones (excluding diaryl/α,β-unsaturated/α-hetero) is 1. The zero-order chi connectivity index (χ0) is 23.8. The summed E-state index contributed by atoms with van der Waals surface area (Å²) in [5, 5.41) is 3.49. The summed E-state index contributed by atoms with van der Waals surface area (Å²) in [6, 6.07) is 17.3. The van der Waals surface area contributed by atoms with Gasteiger partial charge in [-0.1, -0.05) is 18.2 Å². The number of carbonyl (C=O) groups is 2. The molecule has 9 heteroatoms. The molecular formula is C25H19N3O5S. The van der Waals surface area contributed by atoms with E-state index in [1.807, 2.05) is 24.3 Å². The zero-order valence-corrected chi connectivity index (χ0v) is 18.9. The van der Waals surface area contributed by atoms with Crippen molar-refractivity contribution in [2.24, 2.45) is 0 Å². The van der Waals surface area contributed by atoms with Gasteiger partial charge in [-0.25, -0.2) is 4.79 Å². The van der Waals surface area contributed by atoms with E-state index in [4.69, 9.17) is 4.42 Å². The molecule has 1 N–H and O–H groups in total. The summed E-state index contributed by atoms with van der Waals surface area (Å²) < 4.78 is 9.00. The molecule has 5 aromatic rings. The Balaban J connectivity index is 1.59. The molecule has 0 fully saturated rings. The van der Waals surface area contributed by atoms with Crippen LogP contribution in [-0.2, 0) is 17.9 Å². The Labute approximate surface area is 196 Å². The summed E-state index contributed by atoms with van der Waals surface area (Å²) in [6.45, 7) is 1.14. The number of carbonyl (C=O) groups excluding carboxylic acids is 2. The lowest BCUT2D eigenvalue weighted by Crippen LogP contribution is -2.41. The Bertz CT molecular complexity index is 1660. The highest BCUT2D eigenvalue weighted by molar-refractivity contribution is 7.25. The van der Waals surface area contributed by atoms with Crippen molar-refractivity contribution >= 4 is 49.0 Å². The Morgan fingerprint density at radius 3 is 2.44 bits per heavy atom. The first-order chi connectivity index (χ1) is 16.4. The monoisotopic (exact) mass is 473 g/mol. The van der Waals surface area contributed by atoms with Crippen LogP contribution < -0.4 is 16.6 Å². The second-order valence-corrected chi connectivity index (χ2v) is 8.85. The summed E-state index contributed by atoms with van der Waals surface area (Å²) in [5.41, 5.74) is 0.450. The number of furan rings is 1. The van der Waals surface area contributed by atoms with Gasteiger partial charge in [0.25, 0.3) is 5.56 Å². The minimum atomic E-state index is -0.598. The van der Waals surface area contributed by atoms with Crippen molar-refractivity contribution in [3.05, 3.63) is 99.1 Å². The quantitative estimate of drug-likeness (QED) is 0.377. The number of anilines is 1. The minimum absolute atomic E-state index is 0.0387. The van der Waals surface area contributed by atoms with Gasteiger partial charge in [-0.15, -0.1) is 11.3 Å². The highest BCUT2D eigenvalue weighted by Gasteiger charge is 2.20. The fourth-order valence-electron chi connectivity index (χ4n) is 3.87. The summed E-state index contributed by atoms with van der Waals surface area (Å²) in [5.74, 6) is -0.0475. The molecule has 0 saturated heterocycles. The van der Waals surface area contributed by atoms with E-state index >= 15 is 0 Å². The van der Waals surface area contributed by atoms with Gasteiger partial charge in [0.2, 0.25) is 5.91 Å². The Kier molecular flexibility index (Phi) is 5.46. The van der Waals surface area contributed by atoms with Crippen molar-refractivity contribution in [2.75, 3.05) is 5.32 Å². The van der Waals surface area contributed by atoms with Crippen LogP contribution >= 0.6 is 11.3 Å². The van der Waals surface area contributed by atoms with Gasteiger partial charge in [-0.3, -0.25) is 23.5 Å². The van der Waals surface area contributed by atoms with Crippen molar-refractivity contribution in [3.63, 3.8) is 0 Å². The van der Waals surface area contributed by atoms with E-state index in [1.165, 1.54) is 29.1 Å². The highest BCUT2D eigenvalue weighted by atomic mass is 32.1. The molecular weight excluding hydrogens is 454 g/mol. The number of nitrogens with one attached hydrogen (secondary N) is 1. The molecule has 0 spiro atoms. The average molecular weight is 474 g/mol. The molecule has 0 atom stereocenters. The number of nitrogens with zero attached hydrogens (tertiary/aromatic N) is 2. The maximum Gasteiger partial charge on any atom is 0.332 e. The number of rotatable bonds is 6. The molecule has 0 saturated carbocycles. The highest BCUT2D eigenvalue weighted by Crippen LogP contribution is 2.30. The van der Waals surface area contributed by atoms with Gasteiger partial charge in [0.15, 0.2) is 5.78 Å². The second kappa shape index (κ2) is 8.60. The van der Waals surface area contributed by atoms with Gasteiger partial charge in [0, 0.05) is 21.3 Å². The van der Waals surface area contributed by atoms with Gasteiger partial charge < -0.3 is 9.73 Å². The molecule has 1 amide bonds. The lowest BCUT2D eigenvalue weighted by Gasteiger charge is -2.12. The summed E-state index contributed by atoms with van der Waals surface area (Å²) >= 11 is 1.29. The Morgan fingerprint density at radius 2 is 1.74 bits per heavy atom. The standard InChI is InChI=1S/C25H19N3O5S/c1-15(29)16-8-10-17(11-9-16)26-21(30)14-27-22-19-6-2-3-7-20(19)34-23(22)24(31)28(25(27)32)13-18-5-4-12-33-18/h2-12H,13-14H2,1H3,(H,26,30). The normalized spacial score (nSPS) is 11.2. The van der Waals surface area contributed by atoms with Crippen molar-refractivity contribution in [1.82, 2.24) is 9.13 Å². The third kappa shape index (κ3) is 3.86. The molecule has 5 rings (SSSR count). The number of hydrogen-bond donors (Lipinski definition) is 1. The van der Waals surface area contributed by atoms with E-state index in [2.05, 4.69) is 5.32 Å². The van der Waals surface area contributed by atoms with Crippen molar-refractivity contribution < 1.29 is 14.0 Å². The molecule has 3 aromatic heterocycles. The molecule has 0 aliphatic heterocycles. The maximum absolute atomic E-state index is 13.5.